The summed E-state index contributed by atoms with van der Waals surface area (Å²) >= 11 is 5.98. The van der Waals surface area contributed by atoms with Gasteiger partial charge in [0.2, 0.25) is 0 Å². The Labute approximate surface area is 236 Å². The SMILES string of the molecule is Clc1ccc(N2CCOCCOCCOCCOCCOCC2)cc1.F[P-](F)(F)(F)(F)F.[CH]1[CH][CH][CH][CH]1.[Fe+2]. The number of hydrogen-bond acceptors (Lipinski definition) is 6. The number of halogens is 7. The Kier molecular flexibility index (Phi) is 18.7. The first-order chi connectivity index (χ1) is 17.3. The predicted octanol–water partition coefficient (Wildman–Crippen LogP) is 6.64. The van der Waals surface area contributed by atoms with E-state index >= 15 is 0 Å². The van der Waals surface area contributed by atoms with E-state index in [1.165, 1.54) is 0 Å². The summed E-state index contributed by atoms with van der Waals surface area (Å²) in [5, 5.41) is 0.732. The first-order valence-electron chi connectivity index (χ1n) is 11.4. The summed E-state index contributed by atoms with van der Waals surface area (Å²) in [5.74, 6) is 0. The second kappa shape index (κ2) is 18.9. The largest absolute Gasteiger partial charge is 2.00 e. The molecule has 38 heavy (non-hydrogen) atoms. The van der Waals surface area contributed by atoms with Crippen molar-refractivity contribution >= 4 is 25.1 Å². The minimum absolute atomic E-state index is 0. The van der Waals surface area contributed by atoms with Crippen LogP contribution in [-0.4, -0.2) is 79.2 Å². The fourth-order valence-electron chi connectivity index (χ4n) is 2.67. The maximum absolute atomic E-state index is 10.7. The van der Waals surface area contributed by atoms with Crippen molar-refractivity contribution < 1.29 is 65.9 Å². The van der Waals surface area contributed by atoms with Crippen molar-refractivity contribution in [2.45, 2.75) is 0 Å². The molecule has 0 bridgehead atoms. The van der Waals surface area contributed by atoms with E-state index in [4.69, 9.17) is 35.3 Å². The van der Waals surface area contributed by atoms with Crippen LogP contribution in [0.5, 0.6) is 0 Å². The summed E-state index contributed by atoms with van der Waals surface area (Å²) in [6.45, 7) is 7.42. The molecule has 221 valence electrons. The van der Waals surface area contributed by atoms with Gasteiger partial charge >= 0.3 is 50.1 Å². The first kappa shape index (κ1) is 37.6. The molecule has 1 aliphatic carbocycles. The molecule has 0 N–H and O–H groups in total. The van der Waals surface area contributed by atoms with Crippen molar-refractivity contribution in [2.75, 3.05) is 84.1 Å². The van der Waals surface area contributed by atoms with Crippen LogP contribution in [0, 0.1) is 32.1 Å². The standard InChI is InChI=1S/C18H28ClNO5.C5H5.F6P.Fe/c19-17-1-3-18(4-2-17)20-5-7-21-9-11-23-13-15-25-16-14-24-12-10-22-8-6-20;1-2-4-5-3-1;1-7(2,3,4,5)6;/h1-4H,5-16H2;1-5H;;/q;;-1;+2. The summed E-state index contributed by atoms with van der Waals surface area (Å²) in [6, 6.07) is 7.82. The molecule has 1 aliphatic heterocycles. The van der Waals surface area contributed by atoms with Crippen molar-refractivity contribution in [3.8, 4) is 0 Å². The van der Waals surface area contributed by atoms with Crippen LogP contribution < -0.4 is 4.90 Å². The minimum Gasteiger partial charge on any atom is -0.0312 e. The van der Waals surface area contributed by atoms with Gasteiger partial charge in [0, 0.05) is 23.8 Å². The maximum atomic E-state index is 9.87. The van der Waals surface area contributed by atoms with Crippen molar-refractivity contribution in [2.24, 2.45) is 0 Å². The fourth-order valence-corrected chi connectivity index (χ4v) is 2.80. The Balaban J connectivity index is 0.000000868. The van der Waals surface area contributed by atoms with Gasteiger partial charge in [-0.1, -0.05) is 11.6 Å². The number of anilines is 1. The zero-order valence-electron chi connectivity index (χ0n) is 20.6. The van der Waals surface area contributed by atoms with Crippen LogP contribution in [0.25, 0.3) is 0 Å². The van der Waals surface area contributed by atoms with E-state index in [0.29, 0.717) is 66.1 Å². The number of benzene rings is 1. The van der Waals surface area contributed by atoms with Crippen molar-refractivity contribution in [3.63, 3.8) is 0 Å². The van der Waals surface area contributed by atoms with E-state index in [0.717, 1.165) is 23.8 Å². The Bertz CT molecular complexity index is 681. The average molecular weight is 640 g/mol. The molecular formula is C23H33ClF6FeNO5P+. The van der Waals surface area contributed by atoms with Gasteiger partial charge in [-0.15, -0.1) is 0 Å². The van der Waals surface area contributed by atoms with E-state index in [1.54, 1.807) is 0 Å². The number of ether oxygens (including phenoxy) is 5. The van der Waals surface area contributed by atoms with Crippen LogP contribution in [0.3, 0.4) is 0 Å². The zero-order valence-corrected chi connectivity index (χ0v) is 23.4. The molecule has 0 aromatic heterocycles. The third kappa shape index (κ3) is 28.6. The topological polar surface area (TPSA) is 49.4 Å². The third-order valence-electron chi connectivity index (χ3n) is 4.25. The number of nitrogens with zero attached hydrogens (tertiary/aromatic N) is 1. The molecule has 6 nitrogen and oxygen atoms in total. The van der Waals surface area contributed by atoms with Gasteiger partial charge < -0.3 is 28.6 Å². The molecule has 1 saturated heterocycles. The van der Waals surface area contributed by atoms with Crippen molar-refractivity contribution in [1.82, 2.24) is 0 Å². The minimum atomic E-state index is -10.7. The van der Waals surface area contributed by atoms with Crippen LogP contribution in [0.15, 0.2) is 24.3 Å². The molecule has 0 unspecified atom stereocenters. The van der Waals surface area contributed by atoms with Gasteiger partial charge in [0.1, 0.15) is 0 Å². The molecule has 1 aromatic carbocycles. The number of hydrogen-bond donors (Lipinski definition) is 0. The van der Waals surface area contributed by atoms with Crippen molar-refractivity contribution in [1.29, 1.82) is 0 Å². The van der Waals surface area contributed by atoms with Gasteiger partial charge in [-0.05, 0) is 56.4 Å². The Hall–Kier alpha value is -0.361. The Morgan fingerprint density at radius 1 is 0.526 bits per heavy atom. The van der Waals surface area contributed by atoms with Gasteiger partial charge in [-0.2, -0.15) is 0 Å². The van der Waals surface area contributed by atoms with Crippen LogP contribution in [0.4, 0.5) is 30.9 Å². The van der Waals surface area contributed by atoms with Gasteiger partial charge in [0.05, 0.1) is 66.1 Å². The van der Waals surface area contributed by atoms with Crippen LogP contribution in [-0.2, 0) is 40.8 Å². The molecular weight excluding hydrogens is 607 g/mol. The van der Waals surface area contributed by atoms with E-state index < -0.39 is 7.81 Å². The second-order valence-electron chi connectivity index (χ2n) is 7.45. The Morgan fingerprint density at radius 3 is 1.08 bits per heavy atom. The third-order valence-corrected chi connectivity index (χ3v) is 4.50. The molecule has 5 radical (unpaired) electrons. The predicted molar refractivity (Wildman–Crippen MR) is 133 cm³/mol. The summed E-state index contributed by atoms with van der Waals surface area (Å²) in [5.41, 5.74) is 1.11. The molecule has 3 rings (SSSR count). The quantitative estimate of drug-likeness (QED) is 0.195. The molecule has 15 heteroatoms. The van der Waals surface area contributed by atoms with Crippen LogP contribution in [0.2, 0.25) is 5.02 Å². The van der Waals surface area contributed by atoms with Crippen molar-refractivity contribution in [3.05, 3.63) is 61.4 Å². The van der Waals surface area contributed by atoms with Gasteiger partial charge in [-0.25, -0.2) is 0 Å². The zero-order chi connectivity index (χ0) is 27.5. The summed E-state index contributed by atoms with van der Waals surface area (Å²) < 4.78 is 86.8. The smallest absolute Gasteiger partial charge is 0.0312 e. The average Bonchev–Trinajstić information content (AvgIpc) is 3.38. The monoisotopic (exact) mass is 639 g/mol. The van der Waals surface area contributed by atoms with E-state index in [2.05, 4.69) is 4.90 Å². The molecule has 1 saturated carbocycles. The first-order valence-corrected chi connectivity index (χ1v) is 13.8. The fraction of sp³-hybridized carbons (Fsp3) is 0.522. The molecule has 1 heterocycles. The molecule has 0 spiro atoms. The maximum Gasteiger partial charge on any atom is 2.00 e. The number of rotatable bonds is 1. The molecule has 2 aliphatic rings. The molecule has 1 aromatic rings. The van der Waals surface area contributed by atoms with Gasteiger partial charge in [0.15, 0.2) is 0 Å². The summed E-state index contributed by atoms with van der Waals surface area (Å²) in [6.07, 6.45) is 10.0. The Morgan fingerprint density at radius 2 is 0.789 bits per heavy atom. The second-order valence-corrected chi connectivity index (χ2v) is 9.80. The van der Waals surface area contributed by atoms with E-state index in [1.807, 2.05) is 56.4 Å². The van der Waals surface area contributed by atoms with Crippen LogP contribution in [0.1, 0.15) is 0 Å². The molecule has 0 atom stereocenters. The van der Waals surface area contributed by atoms with Gasteiger partial charge in [0.25, 0.3) is 0 Å². The summed E-state index contributed by atoms with van der Waals surface area (Å²) in [4.78, 5) is 2.23. The molecule has 0 amide bonds. The molecule has 2 fully saturated rings. The van der Waals surface area contributed by atoms with Crippen LogP contribution >= 0.6 is 19.4 Å². The van der Waals surface area contributed by atoms with E-state index in [-0.39, 0.29) is 17.1 Å². The van der Waals surface area contributed by atoms with E-state index in [9.17, 15) is 25.2 Å². The summed E-state index contributed by atoms with van der Waals surface area (Å²) in [7, 11) is -10.7. The van der Waals surface area contributed by atoms with Gasteiger partial charge in [-0.3, -0.25) is 0 Å². The normalized spacial score (nSPS) is 21.0.